The van der Waals surface area contributed by atoms with Gasteiger partial charge in [0.2, 0.25) is 0 Å². The van der Waals surface area contributed by atoms with Gasteiger partial charge in [-0.2, -0.15) is 0 Å². The average Bonchev–Trinajstić information content (AvgIpc) is 2.03. The molecule has 0 atom stereocenters. The molecule has 0 saturated carbocycles. The SMILES string of the molecule is OC/C=C\c1ccccc1.[Ac]. The Labute approximate surface area is 103 Å². The molecule has 0 spiro atoms. The van der Waals surface area contributed by atoms with Crippen molar-refractivity contribution in [1.29, 1.82) is 0 Å². The van der Waals surface area contributed by atoms with Crippen LogP contribution in [-0.4, -0.2) is 11.7 Å². The monoisotopic (exact) mass is 361 g/mol. The minimum atomic E-state index is 0. The third-order valence-electron chi connectivity index (χ3n) is 1.22. The van der Waals surface area contributed by atoms with E-state index in [1.807, 2.05) is 36.4 Å². The van der Waals surface area contributed by atoms with Gasteiger partial charge in [-0.05, 0) is 5.56 Å². The van der Waals surface area contributed by atoms with Crippen LogP contribution in [0.2, 0.25) is 0 Å². The first-order valence-corrected chi connectivity index (χ1v) is 3.26. The summed E-state index contributed by atoms with van der Waals surface area (Å²) in [5.74, 6) is 0. The van der Waals surface area contributed by atoms with Crippen molar-refractivity contribution < 1.29 is 49.2 Å². The molecule has 0 aliphatic heterocycles. The normalized spacial score (nSPS) is 9.55. The van der Waals surface area contributed by atoms with E-state index in [0.29, 0.717) is 0 Å². The van der Waals surface area contributed by atoms with E-state index in [-0.39, 0.29) is 50.7 Å². The van der Waals surface area contributed by atoms with Crippen LogP contribution in [0.25, 0.3) is 6.08 Å². The number of hydrogen-bond acceptors (Lipinski definition) is 1. The smallest absolute Gasteiger partial charge is 0.0615 e. The van der Waals surface area contributed by atoms with Crippen LogP contribution in [0.1, 0.15) is 5.56 Å². The molecule has 1 rings (SSSR count). The first kappa shape index (κ1) is 11.4. The van der Waals surface area contributed by atoms with E-state index in [1.54, 1.807) is 6.08 Å². The zero-order chi connectivity index (χ0) is 7.23. The maximum absolute atomic E-state index is 8.44. The molecule has 0 aliphatic rings. The van der Waals surface area contributed by atoms with Crippen molar-refractivity contribution in [2.45, 2.75) is 0 Å². The average molecular weight is 361 g/mol. The zero-order valence-corrected chi connectivity index (χ0v) is 11.0. The molecular weight excluding hydrogens is 351 g/mol. The van der Waals surface area contributed by atoms with Gasteiger partial charge in [-0.15, -0.1) is 0 Å². The molecule has 0 fully saturated rings. The van der Waals surface area contributed by atoms with E-state index in [0.717, 1.165) is 5.56 Å². The Hall–Kier alpha value is 0.362. The molecule has 0 aromatic heterocycles. The summed E-state index contributed by atoms with van der Waals surface area (Å²) in [6, 6.07) is 9.89. The first-order chi connectivity index (χ1) is 4.93. The fraction of sp³-hybridized carbons (Fsp3) is 0.111. The predicted molar refractivity (Wildman–Crippen MR) is 42.6 cm³/mol. The van der Waals surface area contributed by atoms with E-state index in [4.69, 9.17) is 5.11 Å². The van der Waals surface area contributed by atoms with Crippen molar-refractivity contribution in [2.75, 3.05) is 6.61 Å². The van der Waals surface area contributed by atoms with E-state index in [2.05, 4.69) is 0 Å². The van der Waals surface area contributed by atoms with Gasteiger partial charge in [0.25, 0.3) is 0 Å². The van der Waals surface area contributed by atoms with Gasteiger partial charge in [0.1, 0.15) is 0 Å². The van der Waals surface area contributed by atoms with Gasteiger partial charge in [-0.1, -0.05) is 42.5 Å². The van der Waals surface area contributed by atoms with Crippen molar-refractivity contribution in [3.05, 3.63) is 42.0 Å². The summed E-state index contributed by atoms with van der Waals surface area (Å²) in [7, 11) is 0. The summed E-state index contributed by atoms with van der Waals surface area (Å²) in [6.07, 6.45) is 3.61. The molecule has 1 N–H and O–H groups in total. The maximum Gasteiger partial charge on any atom is 0.0615 e. The quantitative estimate of drug-likeness (QED) is 0.850. The fourth-order valence-corrected chi connectivity index (χ4v) is 0.753. The standard InChI is InChI=1S/C9H10O.Ac/c10-8-4-7-9-5-2-1-3-6-9;/h1-7,10H,8H2;/b7-4-;. The minimum Gasteiger partial charge on any atom is -0.392 e. The van der Waals surface area contributed by atoms with Crippen molar-refractivity contribution in [3.8, 4) is 0 Å². The van der Waals surface area contributed by atoms with Crippen LogP contribution < -0.4 is 0 Å². The van der Waals surface area contributed by atoms with Gasteiger partial charge in [-0.25, -0.2) is 0 Å². The Kier molecular flexibility index (Phi) is 7.27. The first-order valence-electron chi connectivity index (χ1n) is 3.26. The second kappa shape index (κ2) is 7.03. The molecule has 0 amide bonds. The van der Waals surface area contributed by atoms with Crippen LogP contribution in [0.3, 0.4) is 0 Å². The molecular formula is C9H10AcO. The summed E-state index contributed by atoms with van der Waals surface area (Å²) < 4.78 is 0. The molecule has 0 aliphatic carbocycles. The Bertz CT molecular complexity index is 206. The zero-order valence-electron chi connectivity index (χ0n) is 6.27. The summed E-state index contributed by atoms with van der Waals surface area (Å²) >= 11 is 0. The molecule has 1 aromatic carbocycles. The van der Waals surface area contributed by atoms with Crippen LogP contribution in [0, 0.1) is 44.1 Å². The molecule has 0 unspecified atom stereocenters. The molecule has 2 heteroatoms. The summed E-state index contributed by atoms with van der Waals surface area (Å²) in [5.41, 5.74) is 1.12. The Morgan fingerprint density at radius 3 is 2.36 bits per heavy atom. The third-order valence-corrected chi connectivity index (χ3v) is 1.22. The van der Waals surface area contributed by atoms with Crippen molar-refractivity contribution in [1.82, 2.24) is 0 Å². The third kappa shape index (κ3) is 4.74. The van der Waals surface area contributed by atoms with Gasteiger partial charge in [0.15, 0.2) is 0 Å². The van der Waals surface area contributed by atoms with Gasteiger partial charge in [0.05, 0.1) is 6.61 Å². The molecule has 1 radical (unpaired) electrons. The van der Waals surface area contributed by atoms with E-state index < -0.39 is 0 Å². The fourth-order valence-electron chi connectivity index (χ4n) is 0.753. The second-order valence-corrected chi connectivity index (χ2v) is 2.00. The van der Waals surface area contributed by atoms with E-state index in [9.17, 15) is 0 Å². The summed E-state index contributed by atoms with van der Waals surface area (Å²) in [5, 5.41) is 8.44. The summed E-state index contributed by atoms with van der Waals surface area (Å²) in [6.45, 7) is 0.106. The molecule has 1 nitrogen and oxygen atoms in total. The Morgan fingerprint density at radius 2 is 1.82 bits per heavy atom. The topological polar surface area (TPSA) is 20.2 Å². The van der Waals surface area contributed by atoms with Crippen molar-refractivity contribution in [3.63, 3.8) is 0 Å². The molecule has 11 heavy (non-hydrogen) atoms. The minimum absolute atomic E-state index is 0. The number of aliphatic hydroxyl groups is 1. The van der Waals surface area contributed by atoms with E-state index >= 15 is 0 Å². The van der Waals surface area contributed by atoms with Gasteiger partial charge in [-0.3, -0.25) is 0 Å². The molecule has 1 aromatic rings. The second-order valence-electron chi connectivity index (χ2n) is 2.00. The molecule has 0 bridgehead atoms. The summed E-state index contributed by atoms with van der Waals surface area (Å²) in [4.78, 5) is 0. The van der Waals surface area contributed by atoms with Gasteiger partial charge < -0.3 is 5.11 Å². The van der Waals surface area contributed by atoms with Gasteiger partial charge >= 0.3 is 0 Å². The van der Waals surface area contributed by atoms with Crippen LogP contribution in [0.15, 0.2) is 36.4 Å². The number of hydrogen-bond donors (Lipinski definition) is 1. The van der Waals surface area contributed by atoms with Crippen LogP contribution >= 0.6 is 0 Å². The predicted octanol–water partition coefficient (Wildman–Crippen LogP) is 1.69. The van der Waals surface area contributed by atoms with Crippen LogP contribution in [0.4, 0.5) is 0 Å². The Morgan fingerprint density at radius 1 is 1.18 bits per heavy atom. The maximum atomic E-state index is 8.44. The molecule has 0 saturated heterocycles. The number of rotatable bonds is 2. The Balaban J connectivity index is 0.000001000. The van der Waals surface area contributed by atoms with Crippen LogP contribution in [0.5, 0.6) is 0 Å². The molecule has 55 valence electrons. The van der Waals surface area contributed by atoms with Crippen molar-refractivity contribution >= 4 is 6.08 Å². The molecule has 0 heterocycles. The largest absolute Gasteiger partial charge is 0.392 e. The number of benzene rings is 1. The van der Waals surface area contributed by atoms with Gasteiger partial charge in [0, 0.05) is 44.1 Å². The van der Waals surface area contributed by atoms with E-state index in [1.165, 1.54) is 0 Å². The van der Waals surface area contributed by atoms with Crippen LogP contribution in [-0.2, 0) is 0 Å². The number of aliphatic hydroxyl groups excluding tert-OH is 1. The van der Waals surface area contributed by atoms with Crippen molar-refractivity contribution in [2.24, 2.45) is 0 Å².